The van der Waals surface area contributed by atoms with E-state index in [0.29, 0.717) is 30.8 Å². The van der Waals surface area contributed by atoms with Gasteiger partial charge in [0.25, 0.3) is 0 Å². The number of benzene rings is 2. The minimum atomic E-state index is -1.21. The number of nitrogens with zero attached hydrogens (tertiary/aromatic N) is 5. The number of ether oxygens (including phenoxy) is 3. The van der Waals surface area contributed by atoms with Crippen LogP contribution >= 0.6 is 0 Å². The van der Waals surface area contributed by atoms with Crippen molar-refractivity contribution in [1.82, 2.24) is 24.5 Å². The molecule has 0 saturated carbocycles. The maximum atomic E-state index is 13.6. The van der Waals surface area contributed by atoms with Crippen molar-refractivity contribution in [3.8, 4) is 17.0 Å². The molecule has 10 nitrogen and oxygen atoms in total. The first-order valence-corrected chi connectivity index (χ1v) is 21.0. The first kappa shape index (κ1) is 38.1. The summed E-state index contributed by atoms with van der Waals surface area (Å²) in [4.78, 5) is 21.1. The normalized spacial score (nSPS) is 16.8. The lowest BCUT2D eigenvalue weighted by molar-refractivity contribution is 0.0682. The van der Waals surface area contributed by atoms with Crippen LogP contribution in [0.5, 0.6) is 5.88 Å². The molecule has 2 aromatic carbocycles. The van der Waals surface area contributed by atoms with Gasteiger partial charge in [-0.1, -0.05) is 26.3 Å². The van der Waals surface area contributed by atoms with Gasteiger partial charge in [-0.2, -0.15) is 0 Å². The highest BCUT2D eigenvalue weighted by Crippen LogP contribution is 2.36. The van der Waals surface area contributed by atoms with Crippen LogP contribution in [0.1, 0.15) is 81.6 Å². The fourth-order valence-corrected chi connectivity index (χ4v) is 8.66. The van der Waals surface area contributed by atoms with Crippen LogP contribution in [0.2, 0.25) is 0 Å². The minimum Gasteiger partial charge on any atom is -0.611 e. The molecular formula is C43H54N6O4S. The zero-order valence-electron chi connectivity index (χ0n) is 32.0. The van der Waals surface area contributed by atoms with Gasteiger partial charge >= 0.3 is 0 Å². The first-order valence-electron chi connectivity index (χ1n) is 19.7. The SMILES string of the molecule is CCCCOCCOc1ccc(-c2ccc3c(c2)/C=C(/c2nc4ccc([S@@+]([O-])Cc5c(C)ncn5CCC)cc4[nH]2)CCCN3CC2CCOCC2)cn1. The lowest BCUT2D eigenvalue weighted by Crippen LogP contribution is -2.34. The van der Waals surface area contributed by atoms with Gasteiger partial charge in [-0.05, 0) is 116 Å². The fourth-order valence-electron chi connectivity index (χ4n) is 7.40. The summed E-state index contributed by atoms with van der Waals surface area (Å²) >= 11 is -1.21. The Bertz CT molecular complexity index is 2000. The molecule has 0 amide bonds. The Balaban J connectivity index is 1.15. The second kappa shape index (κ2) is 18.4. The third-order valence-corrected chi connectivity index (χ3v) is 11.8. The van der Waals surface area contributed by atoms with E-state index in [4.69, 9.17) is 19.2 Å². The number of aryl methyl sites for hydroxylation is 2. The van der Waals surface area contributed by atoms with Crippen LogP contribution in [0.15, 0.2) is 66.0 Å². The molecule has 54 heavy (non-hydrogen) atoms. The molecule has 1 atom stereocenters. The fraction of sp³-hybridized carbons (Fsp3) is 0.465. The lowest BCUT2D eigenvalue weighted by Gasteiger charge is -2.33. The zero-order valence-corrected chi connectivity index (χ0v) is 32.8. The predicted molar refractivity (Wildman–Crippen MR) is 217 cm³/mol. The second-order valence-electron chi connectivity index (χ2n) is 14.5. The monoisotopic (exact) mass is 750 g/mol. The smallest absolute Gasteiger partial charge is 0.213 e. The molecule has 0 spiro atoms. The first-order chi connectivity index (χ1) is 26.5. The van der Waals surface area contributed by atoms with Gasteiger partial charge in [0.1, 0.15) is 12.4 Å². The molecule has 3 aromatic heterocycles. The number of hydrogen-bond acceptors (Lipinski definition) is 8. The van der Waals surface area contributed by atoms with Gasteiger partial charge in [0.05, 0.1) is 35.4 Å². The molecule has 1 fully saturated rings. The van der Waals surface area contributed by atoms with Crippen molar-refractivity contribution in [3.63, 3.8) is 0 Å². The number of anilines is 1. The van der Waals surface area contributed by atoms with Crippen LogP contribution in [0.25, 0.3) is 33.8 Å². The quantitative estimate of drug-likeness (QED) is 0.0788. The largest absolute Gasteiger partial charge is 0.611 e. The van der Waals surface area contributed by atoms with Crippen molar-refractivity contribution in [2.45, 2.75) is 82.9 Å². The molecule has 286 valence electrons. The van der Waals surface area contributed by atoms with E-state index >= 15 is 0 Å². The standard InChI is InChI=1S/C43H54N6O4S/c1-4-6-19-51-22-23-53-42-14-10-35(27-44-42)33-9-13-40-36(24-33)25-34(8-7-18-48(40)28-32-15-20-52-21-16-32)43-46-38-12-11-37(26-39(38)47-43)54(50)29-41-31(3)45-30-49(41)17-5-2/h9-14,24-27,30,32H,4-8,15-23,28-29H2,1-3H3,(H,46,47)/b34-25+/t54-/m0/s1. The highest BCUT2D eigenvalue weighted by molar-refractivity contribution is 7.90. The Morgan fingerprint density at radius 3 is 2.67 bits per heavy atom. The number of imidazole rings is 2. The molecule has 11 heteroatoms. The van der Waals surface area contributed by atoms with Crippen LogP contribution in [0.3, 0.4) is 0 Å². The van der Waals surface area contributed by atoms with E-state index in [1.54, 1.807) is 0 Å². The average molecular weight is 751 g/mol. The molecule has 5 heterocycles. The molecule has 0 unspecified atom stereocenters. The number of rotatable bonds is 16. The summed E-state index contributed by atoms with van der Waals surface area (Å²) in [5.74, 6) is 2.52. The number of fused-ring (bicyclic) bond motifs is 2. The average Bonchev–Trinajstić information content (AvgIpc) is 3.77. The molecule has 2 aliphatic rings. The minimum absolute atomic E-state index is 0.437. The number of unbranched alkanes of at least 4 members (excludes halogenated alkanes) is 1. The maximum Gasteiger partial charge on any atom is 0.213 e. The van der Waals surface area contributed by atoms with Gasteiger partial charge in [-0.3, -0.25) is 0 Å². The molecule has 1 saturated heterocycles. The molecule has 2 aliphatic heterocycles. The molecule has 0 bridgehead atoms. The van der Waals surface area contributed by atoms with Crippen molar-refractivity contribution < 1.29 is 18.8 Å². The number of hydrogen-bond donors (Lipinski definition) is 1. The number of nitrogens with one attached hydrogen (secondary N) is 1. The van der Waals surface area contributed by atoms with Crippen LogP contribution in [-0.4, -0.2) is 75.2 Å². The molecule has 5 aromatic rings. The maximum absolute atomic E-state index is 13.6. The van der Waals surface area contributed by atoms with Crippen molar-refractivity contribution in [2.75, 3.05) is 51.0 Å². The van der Waals surface area contributed by atoms with Crippen molar-refractivity contribution in [1.29, 1.82) is 0 Å². The van der Waals surface area contributed by atoms with Crippen LogP contribution < -0.4 is 9.64 Å². The van der Waals surface area contributed by atoms with Crippen molar-refractivity contribution in [2.24, 2.45) is 5.92 Å². The highest BCUT2D eigenvalue weighted by Gasteiger charge is 2.23. The Hall–Kier alpha value is -4.16. The zero-order chi connectivity index (χ0) is 37.3. The Morgan fingerprint density at radius 1 is 0.981 bits per heavy atom. The number of pyridine rings is 1. The predicted octanol–water partition coefficient (Wildman–Crippen LogP) is 8.61. The van der Waals surface area contributed by atoms with Gasteiger partial charge < -0.3 is 33.2 Å². The van der Waals surface area contributed by atoms with E-state index in [2.05, 4.69) is 68.6 Å². The molecule has 7 rings (SSSR count). The summed E-state index contributed by atoms with van der Waals surface area (Å²) in [6.07, 6.45) is 13.4. The van der Waals surface area contributed by atoms with Crippen LogP contribution in [-0.2, 0) is 32.9 Å². The van der Waals surface area contributed by atoms with Gasteiger partial charge in [0.2, 0.25) is 5.88 Å². The molecular weight excluding hydrogens is 697 g/mol. The van der Waals surface area contributed by atoms with E-state index in [1.165, 1.54) is 16.8 Å². The number of aromatic nitrogens is 5. The molecule has 1 N–H and O–H groups in total. The van der Waals surface area contributed by atoms with Gasteiger partial charge in [-0.15, -0.1) is 0 Å². The number of H-pyrrole nitrogens is 1. The van der Waals surface area contributed by atoms with Gasteiger partial charge in [0, 0.05) is 69.0 Å². The molecule has 0 aliphatic carbocycles. The summed E-state index contributed by atoms with van der Waals surface area (Å²) in [7, 11) is 0. The van der Waals surface area contributed by atoms with E-state index in [-0.39, 0.29) is 0 Å². The third kappa shape index (κ3) is 9.37. The summed E-state index contributed by atoms with van der Waals surface area (Å²) in [6, 6.07) is 16.7. The highest BCUT2D eigenvalue weighted by atomic mass is 32.2. The van der Waals surface area contributed by atoms with Gasteiger partial charge in [-0.25, -0.2) is 15.0 Å². The van der Waals surface area contributed by atoms with Crippen molar-refractivity contribution in [3.05, 3.63) is 83.8 Å². The third-order valence-electron chi connectivity index (χ3n) is 10.5. The second-order valence-corrected chi connectivity index (χ2v) is 15.9. The van der Waals surface area contributed by atoms with Gasteiger partial charge in [0.15, 0.2) is 10.6 Å². The summed E-state index contributed by atoms with van der Waals surface area (Å²) < 4.78 is 32.9. The molecule has 0 radical (unpaired) electrons. The summed E-state index contributed by atoms with van der Waals surface area (Å²) in [5.41, 5.74) is 9.46. The Kier molecular flexibility index (Phi) is 13.0. The van der Waals surface area contributed by atoms with E-state index in [9.17, 15) is 4.55 Å². The van der Waals surface area contributed by atoms with E-state index in [0.717, 1.165) is 129 Å². The Morgan fingerprint density at radius 2 is 1.85 bits per heavy atom. The Labute approximate surface area is 322 Å². The van der Waals surface area contributed by atoms with Crippen molar-refractivity contribution >= 4 is 39.5 Å². The van der Waals surface area contributed by atoms with E-state index < -0.39 is 11.2 Å². The summed E-state index contributed by atoms with van der Waals surface area (Å²) in [6.45, 7) is 12.7. The van der Waals surface area contributed by atoms with Crippen LogP contribution in [0, 0.1) is 12.8 Å². The summed E-state index contributed by atoms with van der Waals surface area (Å²) in [5, 5.41) is 0. The topological polar surface area (TPSA) is 113 Å². The number of allylic oxidation sites excluding steroid dienone is 1. The lowest BCUT2D eigenvalue weighted by atomic mass is 9.95. The van der Waals surface area contributed by atoms with E-state index in [1.807, 2.05) is 43.7 Å². The number of aromatic amines is 1. The van der Waals surface area contributed by atoms with Crippen LogP contribution in [0.4, 0.5) is 5.69 Å².